The lowest BCUT2D eigenvalue weighted by atomic mass is 10.1. The van der Waals surface area contributed by atoms with E-state index in [0.29, 0.717) is 5.56 Å². The lowest BCUT2D eigenvalue weighted by Gasteiger charge is -2.19. The summed E-state index contributed by atoms with van der Waals surface area (Å²) in [7, 11) is 0. The molecule has 1 saturated heterocycles. The predicted octanol–water partition coefficient (Wildman–Crippen LogP) is 0.768. The number of imidazole rings is 1. The number of halogens is 1. The van der Waals surface area contributed by atoms with Gasteiger partial charge in [-0.1, -0.05) is 24.1 Å². The maximum absolute atomic E-state index is 15.6. The number of hydrogen-bond donors (Lipinski definition) is 2. The first kappa shape index (κ1) is 26.3. The topological polar surface area (TPSA) is 164 Å². The molecule has 0 spiro atoms. The van der Waals surface area contributed by atoms with E-state index in [0.717, 1.165) is 16.1 Å². The van der Waals surface area contributed by atoms with Gasteiger partial charge < -0.3 is 14.2 Å². The molecule has 1 aromatic carbocycles. The van der Waals surface area contributed by atoms with Gasteiger partial charge in [-0.2, -0.15) is 4.98 Å². The van der Waals surface area contributed by atoms with Gasteiger partial charge in [0.05, 0.1) is 12.1 Å². The van der Waals surface area contributed by atoms with Gasteiger partial charge in [-0.15, -0.1) is 6.42 Å². The molecule has 3 aromatic rings. The summed E-state index contributed by atoms with van der Waals surface area (Å²) < 4.78 is 33.2. The van der Waals surface area contributed by atoms with Crippen molar-refractivity contribution in [2.45, 2.75) is 52.1 Å². The minimum absolute atomic E-state index is 0.145. The second-order valence-corrected chi connectivity index (χ2v) is 8.34. The molecule has 1 aliphatic rings. The monoisotopic (exact) mass is 527 g/mol. The van der Waals surface area contributed by atoms with Crippen LogP contribution in [0.4, 0.5) is 10.3 Å². The lowest BCUT2D eigenvalue weighted by Crippen LogP contribution is -2.37. The Balaban J connectivity index is 1.83. The van der Waals surface area contributed by atoms with Gasteiger partial charge in [-0.25, -0.2) is 18.5 Å². The van der Waals surface area contributed by atoms with Crippen LogP contribution in [0.25, 0.3) is 11.2 Å². The molecule has 4 rings (SSSR count). The number of ether oxygens (including phenoxy) is 3. The number of benzene rings is 1. The van der Waals surface area contributed by atoms with Crippen molar-refractivity contribution in [2.24, 2.45) is 0 Å². The number of carbonyl (C=O) groups excluding carboxylic acids is 3. The SMILES string of the molecule is C#CCn1c(=O)n([C@@H]2O[C@H](OC(=O)c3ccccc3C)[C@H](F)[C@H]2OC(C)=O)c2nc(NC(C)=O)[nH]c(=O)c21. The predicted molar refractivity (Wildman–Crippen MR) is 129 cm³/mol. The van der Waals surface area contributed by atoms with Crippen LogP contribution in [0.1, 0.15) is 36.0 Å². The molecule has 0 unspecified atom stereocenters. The van der Waals surface area contributed by atoms with Crippen LogP contribution in [-0.2, 0) is 30.3 Å². The summed E-state index contributed by atoms with van der Waals surface area (Å²) in [4.78, 5) is 68.7. The fourth-order valence-electron chi connectivity index (χ4n) is 4.06. The van der Waals surface area contributed by atoms with Gasteiger partial charge in [0.15, 0.2) is 23.5 Å². The normalized spacial score (nSPS) is 20.6. The number of hydrogen-bond acceptors (Lipinski definition) is 9. The number of H-pyrrole nitrogens is 1. The molecule has 198 valence electrons. The number of aromatic amines is 1. The fourth-order valence-corrected chi connectivity index (χ4v) is 4.06. The van der Waals surface area contributed by atoms with Crippen molar-refractivity contribution in [3.63, 3.8) is 0 Å². The second kappa shape index (κ2) is 10.3. The number of nitrogens with one attached hydrogen (secondary N) is 2. The zero-order valence-corrected chi connectivity index (χ0v) is 20.4. The average molecular weight is 527 g/mol. The number of anilines is 1. The van der Waals surface area contributed by atoms with Gasteiger partial charge in [0, 0.05) is 13.8 Å². The molecule has 38 heavy (non-hydrogen) atoms. The molecule has 1 aliphatic heterocycles. The van der Waals surface area contributed by atoms with Gasteiger partial charge in [0.25, 0.3) is 5.56 Å². The number of carbonyl (C=O) groups is 3. The van der Waals surface area contributed by atoms with Crippen LogP contribution in [0.3, 0.4) is 0 Å². The molecule has 14 heteroatoms. The summed E-state index contributed by atoms with van der Waals surface area (Å²) in [6, 6.07) is 6.41. The van der Waals surface area contributed by atoms with Crippen molar-refractivity contribution in [3.8, 4) is 12.3 Å². The smallest absolute Gasteiger partial charge is 0.340 e. The number of rotatable bonds is 6. The van der Waals surface area contributed by atoms with Crippen LogP contribution in [0.15, 0.2) is 33.9 Å². The Morgan fingerprint density at radius 3 is 2.58 bits per heavy atom. The molecule has 1 fully saturated rings. The van der Waals surface area contributed by atoms with Crippen LogP contribution in [-0.4, -0.2) is 55.5 Å². The number of aryl methyl sites for hydroxylation is 1. The Kier molecular flexibility index (Phi) is 7.13. The highest BCUT2D eigenvalue weighted by Gasteiger charge is 2.52. The minimum Gasteiger partial charge on any atom is -0.454 e. The summed E-state index contributed by atoms with van der Waals surface area (Å²) in [6.07, 6.45) is -2.27. The summed E-state index contributed by atoms with van der Waals surface area (Å²) in [5.41, 5.74) is -1.74. The van der Waals surface area contributed by atoms with E-state index in [1.807, 2.05) is 0 Å². The maximum atomic E-state index is 15.6. The Labute approximate surface area is 213 Å². The molecular weight excluding hydrogens is 505 g/mol. The summed E-state index contributed by atoms with van der Waals surface area (Å²) in [6.45, 7) is 3.46. The number of esters is 2. The number of aromatic nitrogens is 4. The summed E-state index contributed by atoms with van der Waals surface area (Å²) >= 11 is 0. The van der Waals surface area contributed by atoms with Gasteiger partial charge in [-0.3, -0.25) is 29.3 Å². The van der Waals surface area contributed by atoms with Gasteiger partial charge >= 0.3 is 17.6 Å². The highest BCUT2D eigenvalue weighted by molar-refractivity contribution is 5.91. The molecule has 0 aliphatic carbocycles. The van der Waals surface area contributed by atoms with Crippen LogP contribution in [0, 0.1) is 19.3 Å². The van der Waals surface area contributed by atoms with Gasteiger partial charge in [0.2, 0.25) is 24.3 Å². The molecule has 3 heterocycles. The Morgan fingerprint density at radius 2 is 1.95 bits per heavy atom. The molecule has 0 saturated carbocycles. The van der Waals surface area contributed by atoms with Crippen molar-refractivity contribution in [3.05, 3.63) is 56.2 Å². The zero-order chi connectivity index (χ0) is 27.7. The molecule has 13 nitrogen and oxygen atoms in total. The first-order chi connectivity index (χ1) is 18.0. The lowest BCUT2D eigenvalue weighted by molar-refractivity contribution is -0.156. The third-order valence-electron chi connectivity index (χ3n) is 5.63. The molecule has 2 aromatic heterocycles. The first-order valence-electron chi connectivity index (χ1n) is 11.2. The standard InChI is InChI=1S/C24H22FN5O8/c1-5-10-29-16-18(27-23(26-12(3)31)28-19(16)33)30(24(29)35)20-17(36-13(4)32)15(25)22(37-20)38-21(34)14-9-7-6-8-11(14)2/h1,6-9,15,17,20,22H,10H2,2-4H3,(H2,26,27,28,31,33)/t15-,17-,20-,22-/m1/s1. The van der Waals surface area contributed by atoms with E-state index in [2.05, 4.69) is 21.2 Å². The number of nitrogens with zero attached hydrogens (tertiary/aromatic N) is 3. The van der Waals surface area contributed by atoms with E-state index < -0.39 is 53.9 Å². The Hall–Kier alpha value is -4.77. The summed E-state index contributed by atoms with van der Waals surface area (Å²) in [5, 5.41) is 2.29. The van der Waals surface area contributed by atoms with Crippen LogP contribution >= 0.6 is 0 Å². The summed E-state index contributed by atoms with van der Waals surface area (Å²) in [5.74, 6) is -0.488. The van der Waals surface area contributed by atoms with Crippen molar-refractivity contribution in [1.29, 1.82) is 0 Å². The van der Waals surface area contributed by atoms with Gasteiger partial charge in [-0.05, 0) is 18.6 Å². The van der Waals surface area contributed by atoms with Gasteiger partial charge in [0.1, 0.15) is 0 Å². The fraction of sp³-hybridized carbons (Fsp3) is 0.333. The van der Waals surface area contributed by atoms with E-state index >= 15 is 4.39 Å². The maximum Gasteiger partial charge on any atom is 0.340 e. The highest BCUT2D eigenvalue weighted by Crippen LogP contribution is 2.35. The quantitative estimate of drug-likeness (QED) is 0.348. The average Bonchev–Trinajstić information content (AvgIpc) is 3.27. The van der Waals surface area contributed by atoms with Crippen molar-refractivity contribution >= 4 is 35.0 Å². The van der Waals surface area contributed by atoms with E-state index in [1.165, 1.54) is 13.0 Å². The Morgan fingerprint density at radius 1 is 1.24 bits per heavy atom. The number of terminal acetylenes is 1. The second-order valence-electron chi connectivity index (χ2n) is 8.34. The molecule has 2 N–H and O–H groups in total. The van der Waals surface area contributed by atoms with E-state index in [4.69, 9.17) is 20.6 Å². The highest BCUT2D eigenvalue weighted by atomic mass is 19.1. The number of amides is 1. The molecular formula is C24H22FN5O8. The zero-order valence-electron chi connectivity index (χ0n) is 20.4. The minimum atomic E-state index is -2.23. The van der Waals surface area contributed by atoms with Crippen molar-refractivity contribution < 1.29 is 33.0 Å². The van der Waals surface area contributed by atoms with Crippen LogP contribution in [0.5, 0.6) is 0 Å². The third kappa shape index (κ3) is 4.78. The largest absolute Gasteiger partial charge is 0.454 e. The van der Waals surface area contributed by atoms with E-state index in [1.54, 1.807) is 25.1 Å². The van der Waals surface area contributed by atoms with Crippen molar-refractivity contribution in [1.82, 2.24) is 19.1 Å². The first-order valence-corrected chi connectivity index (χ1v) is 11.2. The third-order valence-corrected chi connectivity index (χ3v) is 5.63. The molecule has 4 atom stereocenters. The molecule has 1 amide bonds. The van der Waals surface area contributed by atoms with E-state index in [9.17, 15) is 24.0 Å². The number of fused-ring (bicyclic) bond motifs is 1. The van der Waals surface area contributed by atoms with Crippen LogP contribution < -0.4 is 16.6 Å². The number of alkyl halides is 1. The molecule has 0 radical (unpaired) electrons. The van der Waals surface area contributed by atoms with Crippen molar-refractivity contribution in [2.75, 3.05) is 5.32 Å². The van der Waals surface area contributed by atoms with Crippen LogP contribution in [0.2, 0.25) is 0 Å². The molecule has 0 bridgehead atoms. The van der Waals surface area contributed by atoms with E-state index in [-0.39, 0.29) is 29.2 Å². The Bertz CT molecular complexity index is 1600.